The number of aromatic nitrogens is 1. The summed E-state index contributed by atoms with van der Waals surface area (Å²) in [6.07, 6.45) is -4.11. The number of hydrogen-bond acceptors (Lipinski definition) is 4. The minimum atomic E-state index is -5.08. The SMILES string of the molecule is Cc1cc(C(O)(C(C)c2ccc(Oc3ccc(C#N)cc3Cl)cc2Cl)C(F)(F)F)cn(C)c1=O. The molecule has 0 spiro atoms. The van der Waals surface area contributed by atoms with Crippen LogP contribution in [0.25, 0.3) is 0 Å². The molecule has 0 radical (unpaired) electrons. The molecule has 0 bridgehead atoms. The van der Waals surface area contributed by atoms with Gasteiger partial charge in [0.05, 0.1) is 16.7 Å². The van der Waals surface area contributed by atoms with E-state index in [1.165, 1.54) is 57.3 Å². The molecular formula is C24H19Cl2F3N2O3. The van der Waals surface area contributed by atoms with Crippen LogP contribution in [0.3, 0.4) is 0 Å². The lowest BCUT2D eigenvalue weighted by Gasteiger charge is -2.37. The van der Waals surface area contributed by atoms with Gasteiger partial charge >= 0.3 is 6.18 Å². The number of hydrogen-bond donors (Lipinski definition) is 1. The van der Waals surface area contributed by atoms with Crippen molar-refractivity contribution < 1.29 is 23.0 Å². The Hall–Kier alpha value is -2.99. The molecule has 0 amide bonds. The Labute approximate surface area is 203 Å². The highest BCUT2D eigenvalue weighted by Crippen LogP contribution is 2.50. The van der Waals surface area contributed by atoms with Crippen molar-refractivity contribution in [3.8, 4) is 17.6 Å². The first-order valence-electron chi connectivity index (χ1n) is 9.93. The standard InChI is InChI=1S/C24H19Cl2F3N2O3/c1-13-8-16(12-31(3)22(13)32)23(33,24(27,28)29)14(2)18-6-5-17(10-19(18)25)34-21-7-4-15(11-30)9-20(21)26/h4-10,12,14,33H,1-3H3. The van der Waals surface area contributed by atoms with Gasteiger partial charge in [0.2, 0.25) is 0 Å². The Balaban J connectivity index is 2.02. The summed E-state index contributed by atoms with van der Waals surface area (Å²) in [5, 5.41) is 20.0. The first kappa shape index (κ1) is 25.6. The van der Waals surface area contributed by atoms with Gasteiger partial charge in [-0.3, -0.25) is 4.79 Å². The van der Waals surface area contributed by atoms with Crippen molar-refractivity contribution in [3.05, 3.63) is 91.3 Å². The van der Waals surface area contributed by atoms with Gasteiger partial charge in [0, 0.05) is 35.3 Å². The summed E-state index contributed by atoms with van der Waals surface area (Å²) in [5.74, 6) is -1.12. The molecular weight excluding hydrogens is 492 g/mol. The number of alkyl halides is 3. The third-order valence-corrected chi connectivity index (χ3v) is 6.21. The Morgan fingerprint density at radius 1 is 1.12 bits per heavy atom. The van der Waals surface area contributed by atoms with Gasteiger partial charge in [0.25, 0.3) is 5.56 Å². The van der Waals surface area contributed by atoms with Crippen molar-refractivity contribution in [1.82, 2.24) is 4.57 Å². The van der Waals surface area contributed by atoms with Crippen molar-refractivity contribution in [1.29, 1.82) is 5.26 Å². The highest BCUT2D eigenvalue weighted by Gasteiger charge is 2.59. The number of rotatable bonds is 5. The zero-order valence-electron chi connectivity index (χ0n) is 18.2. The molecule has 0 aliphatic heterocycles. The zero-order valence-corrected chi connectivity index (χ0v) is 19.8. The molecule has 0 aliphatic rings. The van der Waals surface area contributed by atoms with Crippen LogP contribution < -0.4 is 10.3 Å². The van der Waals surface area contributed by atoms with E-state index in [-0.39, 0.29) is 32.7 Å². The molecule has 1 aromatic heterocycles. The third kappa shape index (κ3) is 4.64. The predicted octanol–water partition coefficient (Wildman–Crippen LogP) is 6.22. The molecule has 0 fully saturated rings. The molecule has 3 rings (SSSR count). The maximum Gasteiger partial charge on any atom is 0.422 e. The van der Waals surface area contributed by atoms with E-state index in [0.29, 0.717) is 5.56 Å². The van der Waals surface area contributed by atoms with Gasteiger partial charge in [-0.05, 0) is 48.9 Å². The summed E-state index contributed by atoms with van der Waals surface area (Å²) in [6, 6.07) is 11.4. The summed E-state index contributed by atoms with van der Waals surface area (Å²) in [6.45, 7) is 2.58. The van der Waals surface area contributed by atoms with Gasteiger partial charge in [0.1, 0.15) is 11.5 Å². The van der Waals surface area contributed by atoms with E-state index in [2.05, 4.69) is 0 Å². The average Bonchev–Trinajstić information content (AvgIpc) is 2.76. The summed E-state index contributed by atoms with van der Waals surface area (Å²) in [4.78, 5) is 12.0. The lowest BCUT2D eigenvalue weighted by molar-refractivity contribution is -0.274. The Bertz CT molecular complexity index is 1320. The number of nitrogens with zero attached hydrogens (tertiary/aromatic N) is 2. The molecule has 2 atom stereocenters. The fourth-order valence-corrected chi connectivity index (χ4v) is 4.23. The maximum atomic E-state index is 14.3. The maximum absolute atomic E-state index is 14.3. The lowest BCUT2D eigenvalue weighted by atomic mass is 9.78. The van der Waals surface area contributed by atoms with Gasteiger partial charge in [0.15, 0.2) is 5.60 Å². The smallest absolute Gasteiger partial charge is 0.422 e. The van der Waals surface area contributed by atoms with E-state index >= 15 is 0 Å². The Kier molecular flexibility index (Phi) is 7.04. The topological polar surface area (TPSA) is 75.2 Å². The van der Waals surface area contributed by atoms with Crippen LogP contribution in [0.4, 0.5) is 13.2 Å². The number of nitriles is 1. The first-order chi connectivity index (χ1) is 15.8. The van der Waals surface area contributed by atoms with Gasteiger partial charge in [-0.2, -0.15) is 18.4 Å². The van der Waals surface area contributed by atoms with E-state index in [0.717, 1.165) is 16.8 Å². The monoisotopic (exact) mass is 510 g/mol. The molecule has 178 valence electrons. The number of ether oxygens (including phenoxy) is 1. The Morgan fingerprint density at radius 3 is 2.32 bits per heavy atom. The van der Waals surface area contributed by atoms with Crippen molar-refractivity contribution in [2.24, 2.45) is 7.05 Å². The number of halogens is 5. The van der Waals surface area contributed by atoms with E-state index in [1.54, 1.807) is 0 Å². The number of aliphatic hydroxyl groups is 1. The molecule has 10 heteroatoms. The van der Waals surface area contributed by atoms with Crippen LogP contribution in [0.2, 0.25) is 10.0 Å². The number of benzene rings is 2. The lowest BCUT2D eigenvalue weighted by Crippen LogP contribution is -2.47. The molecule has 0 saturated carbocycles. The van der Waals surface area contributed by atoms with E-state index in [9.17, 15) is 23.1 Å². The summed E-state index contributed by atoms with van der Waals surface area (Å²) < 4.78 is 49.4. The van der Waals surface area contributed by atoms with Gasteiger partial charge in [-0.25, -0.2) is 0 Å². The Morgan fingerprint density at radius 2 is 1.79 bits per heavy atom. The second kappa shape index (κ2) is 9.34. The van der Waals surface area contributed by atoms with E-state index in [1.807, 2.05) is 6.07 Å². The molecule has 0 aliphatic carbocycles. The minimum Gasteiger partial charge on any atom is -0.456 e. The fraction of sp³-hybridized carbons (Fsp3) is 0.250. The first-order valence-corrected chi connectivity index (χ1v) is 10.7. The average molecular weight is 511 g/mol. The van der Waals surface area contributed by atoms with Crippen LogP contribution in [0.1, 0.15) is 35.1 Å². The van der Waals surface area contributed by atoms with Crippen LogP contribution in [0.15, 0.2) is 53.5 Å². The van der Waals surface area contributed by atoms with Crippen LogP contribution in [0.5, 0.6) is 11.5 Å². The summed E-state index contributed by atoms with van der Waals surface area (Å²) >= 11 is 12.4. The second-order valence-electron chi connectivity index (χ2n) is 7.86. The predicted molar refractivity (Wildman–Crippen MR) is 122 cm³/mol. The summed E-state index contributed by atoms with van der Waals surface area (Å²) in [5.41, 5.74) is -3.87. The van der Waals surface area contributed by atoms with Gasteiger partial charge in [-0.1, -0.05) is 36.2 Å². The third-order valence-electron chi connectivity index (χ3n) is 5.59. The molecule has 2 aromatic carbocycles. The molecule has 0 saturated heterocycles. The highest BCUT2D eigenvalue weighted by atomic mass is 35.5. The summed E-state index contributed by atoms with van der Waals surface area (Å²) in [7, 11) is 1.31. The van der Waals surface area contributed by atoms with Crippen molar-refractivity contribution >= 4 is 23.2 Å². The quantitative estimate of drug-likeness (QED) is 0.442. The van der Waals surface area contributed by atoms with E-state index in [4.69, 9.17) is 33.2 Å². The van der Waals surface area contributed by atoms with Gasteiger partial charge < -0.3 is 14.4 Å². The molecule has 2 unspecified atom stereocenters. The molecule has 34 heavy (non-hydrogen) atoms. The van der Waals surface area contributed by atoms with Gasteiger partial charge in [-0.15, -0.1) is 0 Å². The van der Waals surface area contributed by atoms with Crippen LogP contribution in [-0.2, 0) is 12.6 Å². The van der Waals surface area contributed by atoms with Crippen molar-refractivity contribution in [3.63, 3.8) is 0 Å². The van der Waals surface area contributed by atoms with Crippen molar-refractivity contribution in [2.45, 2.75) is 31.5 Å². The van der Waals surface area contributed by atoms with Crippen LogP contribution in [0, 0.1) is 18.3 Å². The molecule has 5 nitrogen and oxygen atoms in total. The van der Waals surface area contributed by atoms with Crippen LogP contribution in [-0.4, -0.2) is 15.8 Å². The molecule has 3 aromatic rings. The number of pyridine rings is 1. The van der Waals surface area contributed by atoms with E-state index < -0.39 is 28.8 Å². The largest absolute Gasteiger partial charge is 0.456 e. The number of aryl methyl sites for hydroxylation is 2. The highest BCUT2D eigenvalue weighted by molar-refractivity contribution is 6.32. The molecule has 1 N–H and O–H groups in total. The fourth-order valence-electron chi connectivity index (χ4n) is 3.67. The minimum absolute atomic E-state index is 0.0197. The van der Waals surface area contributed by atoms with Crippen molar-refractivity contribution in [2.75, 3.05) is 0 Å². The zero-order chi connectivity index (χ0) is 25.4. The molecule has 1 heterocycles. The normalized spacial score (nSPS) is 14.2. The second-order valence-corrected chi connectivity index (χ2v) is 8.67. The van der Waals surface area contributed by atoms with Crippen LogP contribution >= 0.6 is 23.2 Å².